The van der Waals surface area contributed by atoms with Crippen LogP contribution in [0.1, 0.15) is 81.4 Å². The van der Waals surface area contributed by atoms with Gasteiger partial charge in [0.2, 0.25) is 0 Å². The largest absolute Gasteiger partial charge is 0.433 e. The summed E-state index contributed by atoms with van der Waals surface area (Å²) in [4.78, 5) is 22.1. The molecule has 1 aliphatic heterocycles. The minimum absolute atomic E-state index is 0.0275. The molecule has 0 amide bonds. The maximum Gasteiger partial charge on any atom is 0.433 e. The number of rotatable bonds is 9. The summed E-state index contributed by atoms with van der Waals surface area (Å²) >= 11 is 0. The van der Waals surface area contributed by atoms with Gasteiger partial charge in [-0.05, 0) is 92.8 Å². The summed E-state index contributed by atoms with van der Waals surface area (Å²) < 4.78 is 47.3. The molecule has 1 aromatic carbocycles. The van der Waals surface area contributed by atoms with Crippen molar-refractivity contribution in [2.45, 2.75) is 76.3 Å². The first kappa shape index (κ1) is 31.0. The van der Waals surface area contributed by atoms with Crippen molar-refractivity contribution in [3.05, 3.63) is 53.9 Å². The Morgan fingerprint density at radius 1 is 0.957 bits per heavy atom. The molecule has 0 radical (unpaired) electrons. The molecular formula is C36H43F3N6O. The van der Waals surface area contributed by atoms with Crippen molar-refractivity contribution in [2.24, 2.45) is 5.41 Å². The van der Waals surface area contributed by atoms with Crippen molar-refractivity contribution in [3.8, 4) is 22.6 Å². The number of piperidine rings is 1. The molecule has 0 bridgehead atoms. The van der Waals surface area contributed by atoms with E-state index in [2.05, 4.69) is 51.1 Å². The minimum atomic E-state index is -4.49. The summed E-state index contributed by atoms with van der Waals surface area (Å²) in [5, 5.41) is 0. The second-order valence-corrected chi connectivity index (χ2v) is 13.7. The van der Waals surface area contributed by atoms with Crippen LogP contribution in [0.15, 0.2) is 42.6 Å². The molecular weight excluding hydrogens is 589 g/mol. The molecule has 1 N–H and O–H groups in total. The molecule has 3 aromatic heterocycles. The van der Waals surface area contributed by atoms with E-state index in [1.807, 2.05) is 6.07 Å². The fraction of sp³-hybridized carbons (Fsp3) is 0.528. The maximum atomic E-state index is 13.9. The highest BCUT2D eigenvalue weighted by molar-refractivity contribution is 5.91. The van der Waals surface area contributed by atoms with E-state index in [4.69, 9.17) is 14.7 Å². The number of fused-ring (bicyclic) bond motifs is 1. The van der Waals surface area contributed by atoms with Gasteiger partial charge in [0.05, 0.1) is 18.0 Å². The van der Waals surface area contributed by atoms with Crippen molar-refractivity contribution in [3.63, 3.8) is 0 Å². The van der Waals surface area contributed by atoms with E-state index in [0.717, 1.165) is 62.1 Å². The fourth-order valence-corrected chi connectivity index (χ4v) is 7.65. The van der Waals surface area contributed by atoms with E-state index in [9.17, 15) is 13.2 Å². The Morgan fingerprint density at radius 2 is 1.67 bits per heavy atom. The monoisotopic (exact) mass is 632 g/mol. The fourth-order valence-electron chi connectivity index (χ4n) is 7.65. The second-order valence-electron chi connectivity index (χ2n) is 13.7. The van der Waals surface area contributed by atoms with Gasteiger partial charge in [0, 0.05) is 62.2 Å². The highest BCUT2D eigenvalue weighted by Gasteiger charge is 2.40. The Morgan fingerprint density at radius 3 is 2.35 bits per heavy atom. The number of hydrogen-bond acceptors (Lipinski definition) is 6. The molecule has 7 nitrogen and oxygen atoms in total. The number of ether oxygens (including phenoxy) is 1. The number of aromatic nitrogens is 4. The first-order chi connectivity index (χ1) is 22.2. The number of nitrogens with one attached hydrogen (secondary N) is 1. The van der Waals surface area contributed by atoms with Gasteiger partial charge >= 0.3 is 6.18 Å². The molecule has 10 heteroatoms. The summed E-state index contributed by atoms with van der Waals surface area (Å²) in [6.45, 7) is 3.64. The minimum Gasteiger partial charge on any atom is -0.384 e. The van der Waals surface area contributed by atoms with Gasteiger partial charge in [0.15, 0.2) is 5.65 Å². The number of H-pyrrole nitrogens is 1. The van der Waals surface area contributed by atoms with E-state index in [1.165, 1.54) is 50.4 Å². The van der Waals surface area contributed by atoms with Gasteiger partial charge in [0.25, 0.3) is 0 Å². The summed E-state index contributed by atoms with van der Waals surface area (Å²) in [5.74, 6) is 0.605. The lowest BCUT2D eigenvalue weighted by Crippen LogP contribution is -2.40. The van der Waals surface area contributed by atoms with Gasteiger partial charge in [-0.15, -0.1) is 0 Å². The van der Waals surface area contributed by atoms with Gasteiger partial charge in [0.1, 0.15) is 17.0 Å². The van der Waals surface area contributed by atoms with Gasteiger partial charge in [-0.3, -0.25) is 4.98 Å². The Balaban J connectivity index is 1.29. The van der Waals surface area contributed by atoms with Gasteiger partial charge in [-0.25, -0.2) is 9.97 Å². The number of anilines is 2. The van der Waals surface area contributed by atoms with Crippen LogP contribution in [0, 0.1) is 5.41 Å². The lowest BCUT2D eigenvalue weighted by Gasteiger charge is -2.40. The number of methoxy groups -OCH3 is 1. The standard InChI is InChI=1S/C36H43F3N6O/c1-44(22-35(23-46-2)15-5-3-6-16-35)30-20-29(26-19-28(24-9-10-24)32(40-21-26)36(37,38)39)41-34-31(30)42-33(43-34)25-11-13-27(14-12-25)45-17-7-4-8-18-45/h11-14,19-21,24H,3-10,15-18,22-23H2,1-2H3,(H,41,42,43). The van der Waals surface area contributed by atoms with Crippen LogP contribution in [0.4, 0.5) is 24.5 Å². The third kappa shape index (κ3) is 6.33. The van der Waals surface area contributed by atoms with Gasteiger partial charge < -0.3 is 19.5 Å². The smallest absolute Gasteiger partial charge is 0.384 e. The van der Waals surface area contributed by atoms with Crippen LogP contribution >= 0.6 is 0 Å². The molecule has 0 unspecified atom stereocenters. The molecule has 3 aliphatic rings. The van der Waals surface area contributed by atoms with Gasteiger partial charge in [-0.2, -0.15) is 13.2 Å². The van der Waals surface area contributed by atoms with Crippen LogP contribution in [0.5, 0.6) is 0 Å². The molecule has 46 heavy (non-hydrogen) atoms. The van der Waals surface area contributed by atoms with Crippen molar-refractivity contribution < 1.29 is 17.9 Å². The van der Waals surface area contributed by atoms with Crippen LogP contribution in [-0.4, -0.2) is 60.3 Å². The topological polar surface area (TPSA) is 70.2 Å². The zero-order valence-electron chi connectivity index (χ0n) is 26.8. The molecule has 4 aromatic rings. The number of pyridine rings is 2. The lowest BCUT2D eigenvalue weighted by molar-refractivity contribution is -0.141. The number of imidazole rings is 1. The first-order valence-corrected chi connectivity index (χ1v) is 16.8. The van der Waals surface area contributed by atoms with Crippen LogP contribution in [0.25, 0.3) is 33.8 Å². The summed E-state index contributed by atoms with van der Waals surface area (Å²) in [6.07, 6.45) is 7.83. The quantitative estimate of drug-likeness (QED) is 0.199. The molecule has 4 heterocycles. The van der Waals surface area contributed by atoms with E-state index in [1.54, 1.807) is 13.2 Å². The average molecular weight is 633 g/mol. The molecule has 0 atom stereocenters. The summed E-state index contributed by atoms with van der Waals surface area (Å²) in [7, 11) is 3.85. The van der Waals surface area contributed by atoms with E-state index >= 15 is 0 Å². The zero-order valence-corrected chi connectivity index (χ0v) is 26.8. The van der Waals surface area contributed by atoms with Crippen LogP contribution in [0.2, 0.25) is 0 Å². The van der Waals surface area contributed by atoms with Gasteiger partial charge in [-0.1, -0.05) is 19.3 Å². The highest BCUT2D eigenvalue weighted by Crippen LogP contribution is 2.46. The Hall–Kier alpha value is -3.66. The SMILES string of the molecule is COCC1(CN(C)c2cc(-c3cnc(C(F)(F)F)c(C4CC4)c3)nc3nc(-c4ccc(N5CCCCC5)cc4)[nH]c23)CCCCC1. The van der Waals surface area contributed by atoms with Crippen molar-refractivity contribution in [2.75, 3.05) is 50.2 Å². The number of alkyl halides is 3. The molecule has 244 valence electrons. The number of benzene rings is 1. The zero-order chi connectivity index (χ0) is 31.9. The second kappa shape index (κ2) is 12.5. The molecule has 0 spiro atoms. The third-order valence-corrected chi connectivity index (χ3v) is 10.1. The first-order valence-electron chi connectivity index (χ1n) is 16.8. The van der Waals surface area contributed by atoms with Crippen molar-refractivity contribution in [1.29, 1.82) is 0 Å². The maximum absolute atomic E-state index is 13.9. The number of aromatic amines is 1. The number of nitrogens with zero attached hydrogens (tertiary/aromatic N) is 5. The van der Waals surface area contributed by atoms with Crippen molar-refractivity contribution in [1.82, 2.24) is 19.9 Å². The molecule has 1 saturated heterocycles. The van der Waals surface area contributed by atoms with E-state index < -0.39 is 11.9 Å². The molecule has 7 rings (SSSR count). The van der Waals surface area contributed by atoms with E-state index in [-0.39, 0.29) is 16.9 Å². The van der Waals surface area contributed by atoms with Crippen LogP contribution in [0.3, 0.4) is 0 Å². The average Bonchev–Trinajstić information content (AvgIpc) is 3.82. The normalized spacial score (nSPS) is 18.7. The lowest BCUT2D eigenvalue weighted by atomic mass is 9.74. The molecule has 3 fully saturated rings. The van der Waals surface area contributed by atoms with Crippen LogP contribution in [-0.2, 0) is 10.9 Å². The molecule has 2 aliphatic carbocycles. The molecule has 2 saturated carbocycles. The number of hydrogen-bond donors (Lipinski definition) is 1. The Bertz CT molecular complexity index is 1660. The Labute approximate surface area is 268 Å². The predicted octanol–water partition coefficient (Wildman–Crippen LogP) is 8.61. The Kier molecular flexibility index (Phi) is 8.42. The summed E-state index contributed by atoms with van der Waals surface area (Å²) in [5.41, 5.74) is 5.09. The third-order valence-electron chi connectivity index (χ3n) is 10.1. The van der Waals surface area contributed by atoms with E-state index in [0.29, 0.717) is 29.3 Å². The van der Waals surface area contributed by atoms with Crippen molar-refractivity contribution >= 4 is 22.5 Å². The van der Waals surface area contributed by atoms with Crippen LogP contribution < -0.4 is 9.80 Å². The summed E-state index contributed by atoms with van der Waals surface area (Å²) in [6, 6.07) is 12.1. The number of halogens is 3. The highest BCUT2D eigenvalue weighted by atomic mass is 19.4. The predicted molar refractivity (Wildman–Crippen MR) is 176 cm³/mol.